The van der Waals surface area contributed by atoms with Gasteiger partial charge in [-0.25, -0.2) is 0 Å². The Balaban J connectivity index is 0.00000121. The molecule has 1 aliphatic heterocycles. The Bertz CT molecular complexity index is 600. The van der Waals surface area contributed by atoms with Crippen molar-refractivity contribution in [3.8, 4) is 5.75 Å². The van der Waals surface area contributed by atoms with Crippen LogP contribution in [0.25, 0.3) is 10.8 Å². The van der Waals surface area contributed by atoms with Gasteiger partial charge >= 0.3 is 0 Å². The molecule has 0 saturated carbocycles. The van der Waals surface area contributed by atoms with Crippen LogP contribution in [0.4, 0.5) is 0 Å². The molecule has 122 valence electrons. The van der Waals surface area contributed by atoms with Crippen LogP contribution in [0.2, 0.25) is 0 Å². The highest BCUT2D eigenvalue weighted by Gasteiger charge is 2.17. The average molecular weight is 343 g/mol. The van der Waals surface area contributed by atoms with Gasteiger partial charge in [0.05, 0.1) is 7.11 Å². The molecule has 0 radical (unpaired) electrons. The fourth-order valence-electron chi connectivity index (χ4n) is 2.91. The third-order valence-corrected chi connectivity index (χ3v) is 4.25. The van der Waals surface area contributed by atoms with E-state index in [1.807, 2.05) is 6.07 Å². The van der Waals surface area contributed by atoms with Crippen molar-refractivity contribution in [1.82, 2.24) is 10.2 Å². The van der Waals surface area contributed by atoms with Crippen LogP contribution in [-0.2, 0) is 0 Å². The molecule has 2 aromatic rings. The zero-order chi connectivity index (χ0) is 13.9. The van der Waals surface area contributed by atoms with E-state index in [0.29, 0.717) is 6.04 Å². The van der Waals surface area contributed by atoms with Crippen LogP contribution in [0.1, 0.15) is 18.5 Å². The maximum Gasteiger partial charge on any atom is 0.119 e. The van der Waals surface area contributed by atoms with Gasteiger partial charge in [0.1, 0.15) is 5.75 Å². The molecule has 0 aromatic heterocycles. The first-order valence-electron chi connectivity index (χ1n) is 7.30. The number of hydrogen-bond donors (Lipinski definition) is 1. The van der Waals surface area contributed by atoms with Crippen molar-refractivity contribution in [2.24, 2.45) is 0 Å². The Kier molecular flexibility index (Phi) is 7.43. The summed E-state index contributed by atoms with van der Waals surface area (Å²) in [7, 11) is 1.71. The smallest absolute Gasteiger partial charge is 0.119 e. The summed E-state index contributed by atoms with van der Waals surface area (Å²) in [5.41, 5.74) is 1.39. The lowest BCUT2D eigenvalue weighted by atomic mass is 10.0. The molecule has 3 nitrogen and oxygen atoms in total. The Hall–Kier alpha value is -1.000. The summed E-state index contributed by atoms with van der Waals surface area (Å²) in [6.45, 7) is 6.74. The molecule has 1 aliphatic rings. The van der Waals surface area contributed by atoms with Gasteiger partial charge in [0.25, 0.3) is 0 Å². The number of ether oxygens (including phenoxy) is 1. The van der Waals surface area contributed by atoms with Gasteiger partial charge in [0.2, 0.25) is 0 Å². The van der Waals surface area contributed by atoms with E-state index in [1.165, 1.54) is 16.3 Å². The number of nitrogens with one attached hydrogen (secondary N) is 1. The SMILES string of the molecule is COc1ccc2cc([C@H](C)N3CCNCC3)ccc2c1.Cl.Cl. The van der Waals surface area contributed by atoms with E-state index in [1.54, 1.807) is 7.11 Å². The number of fused-ring (bicyclic) bond motifs is 1. The summed E-state index contributed by atoms with van der Waals surface area (Å²) in [5.74, 6) is 0.917. The van der Waals surface area contributed by atoms with Crippen molar-refractivity contribution in [3.05, 3.63) is 42.0 Å². The number of rotatable bonds is 3. The van der Waals surface area contributed by atoms with Crippen LogP contribution in [0, 0.1) is 0 Å². The molecule has 1 fully saturated rings. The standard InChI is InChI=1S/C17H22N2O.2ClH/c1-13(19-9-7-18-8-10-19)14-3-4-16-12-17(20-2)6-5-15(16)11-14;;/h3-6,11-13,18H,7-10H2,1-2H3;2*1H/t13-;;/m0../s1. The van der Waals surface area contributed by atoms with Crippen LogP contribution in [-0.4, -0.2) is 38.2 Å². The largest absolute Gasteiger partial charge is 0.497 e. The molecule has 0 bridgehead atoms. The van der Waals surface area contributed by atoms with Crippen molar-refractivity contribution in [2.45, 2.75) is 13.0 Å². The van der Waals surface area contributed by atoms with Gasteiger partial charge in [0, 0.05) is 32.2 Å². The first kappa shape index (κ1) is 19.0. The van der Waals surface area contributed by atoms with E-state index >= 15 is 0 Å². The van der Waals surface area contributed by atoms with Gasteiger partial charge in [-0.15, -0.1) is 24.8 Å². The van der Waals surface area contributed by atoms with Crippen LogP contribution in [0.15, 0.2) is 36.4 Å². The van der Waals surface area contributed by atoms with Gasteiger partial charge in [-0.3, -0.25) is 4.90 Å². The number of nitrogens with zero attached hydrogens (tertiary/aromatic N) is 1. The van der Waals surface area contributed by atoms with Crippen LogP contribution >= 0.6 is 24.8 Å². The Labute approximate surface area is 144 Å². The lowest BCUT2D eigenvalue weighted by molar-refractivity contribution is 0.185. The van der Waals surface area contributed by atoms with E-state index in [4.69, 9.17) is 4.74 Å². The molecule has 2 aromatic carbocycles. The fourth-order valence-corrected chi connectivity index (χ4v) is 2.91. The molecule has 0 aliphatic carbocycles. The zero-order valence-corrected chi connectivity index (χ0v) is 14.7. The van der Waals surface area contributed by atoms with E-state index in [0.717, 1.165) is 31.9 Å². The highest BCUT2D eigenvalue weighted by molar-refractivity contribution is 5.86. The molecule has 5 heteroatoms. The summed E-state index contributed by atoms with van der Waals surface area (Å²) in [6, 6.07) is 13.5. The zero-order valence-electron chi connectivity index (χ0n) is 13.0. The summed E-state index contributed by atoms with van der Waals surface area (Å²) >= 11 is 0. The predicted octanol–water partition coefficient (Wildman–Crippen LogP) is 3.66. The van der Waals surface area contributed by atoms with E-state index in [-0.39, 0.29) is 24.8 Å². The third kappa shape index (κ3) is 4.05. The van der Waals surface area contributed by atoms with E-state index < -0.39 is 0 Å². The van der Waals surface area contributed by atoms with E-state index in [2.05, 4.69) is 47.5 Å². The first-order chi connectivity index (χ1) is 9.78. The molecule has 0 unspecified atom stereocenters. The lowest BCUT2D eigenvalue weighted by Crippen LogP contribution is -2.44. The topological polar surface area (TPSA) is 24.5 Å². The molecule has 22 heavy (non-hydrogen) atoms. The number of methoxy groups -OCH3 is 1. The second-order valence-electron chi connectivity index (χ2n) is 5.43. The van der Waals surface area contributed by atoms with Crippen LogP contribution < -0.4 is 10.1 Å². The quantitative estimate of drug-likeness (QED) is 0.921. The van der Waals surface area contributed by atoms with Crippen molar-refractivity contribution in [2.75, 3.05) is 33.3 Å². The molecule has 3 rings (SSSR count). The second-order valence-corrected chi connectivity index (χ2v) is 5.43. The molecule has 0 amide bonds. The van der Waals surface area contributed by atoms with Gasteiger partial charge in [-0.2, -0.15) is 0 Å². The maximum absolute atomic E-state index is 5.28. The average Bonchev–Trinajstić information content (AvgIpc) is 2.54. The molecule has 0 spiro atoms. The number of halogens is 2. The summed E-state index contributed by atoms with van der Waals surface area (Å²) in [4.78, 5) is 2.54. The summed E-state index contributed by atoms with van der Waals surface area (Å²) in [6.07, 6.45) is 0. The van der Waals surface area contributed by atoms with Crippen molar-refractivity contribution in [3.63, 3.8) is 0 Å². The van der Waals surface area contributed by atoms with Crippen molar-refractivity contribution >= 4 is 35.6 Å². The Morgan fingerprint density at radius 2 is 1.64 bits per heavy atom. The molecular weight excluding hydrogens is 319 g/mol. The minimum absolute atomic E-state index is 0. The molecule has 1 heterocycles. The summed E-state index contributed by atoms with van der Waals surface area (Å²) in [5, 5.41) is 5.93. The van der Waals surface area contributed by atoms with Crippen LogP contribution in [0.5, 0.6) is 5.75 Å². The Morgan fingerprint density at radius 3 is 2.32 bits per heavy atom. The maximum atomic E-state index is 5.28. The molecular formula is C17H24Cl2N2O. The minimum atomic E-state index is 0. The molecule has 1 N–H and O–H groups in total. The van der Waals surface area contributed by atoms with Gasteiger partial charge < -0.3 is 10.1 Å². The fraction of sp³-hybridized carbons (Fsp3) is 0.412. The van der Waals surface area contributed by atoms with Crippen molar-refractivity contribution < 1.29 is 4.74 Å². The molecule has 1 atom stereocenters. The second kappa shape index (κ2) is 8.59. The number of piperazine rings is 1. The highest BCUT2D eigenvalue weighted by Crippen LogP contribution is 2.26. The minimum Gasteiger partial charge on any atom is -0.497 e. The third-order valence-electron chi connectivity index (χ3n) is 4.25. The number of benzene rings is 2. The molecule has 1 saturated heterocycles. The lowest BCUT2D eigenvalue weighted by Gasteiger charge is -2.33. The van der Waals surface area contributed by atoms with Crippen LogP contribution in [0.3, 0.4) is 0 Å². The van der Waals surface area contributed by atoms with Gasteiger partial charge in [0.15, 0.2) is 0 Å². The van der Waals surface area contributed by atoms with Gasteiger partial charge in [-0.05, 0) is 41.5 Å². The summed E-state index contributed by atoms with van der Waals surface area (Å²) < 4.78 is 5.28. The Morgan fingerprint density at radius 1 is 1.00 bits per heavy atom. The normalized spacial score (nSPS) is 16.5. The highest BCUT2D eigenvalue weighted by atomic mass is 35.5. The first-order valence-corrected chi connectivity index (χ1v) is 7.30. The number of hydrogen-bond acceptors (Lipinski definition) is 3. The predicted molar refractivity (Wildman–Crippen MR) is 97.9 cm³/mol. The van der Waals surface area contributed by atoms with Crippen molar-refractivity contribution in [1.29, 1.82) is 0 Å². The van der Waals surface area contributed by atoms with E-state index in [9.17, 15) is 0 Å². The van der Waals surface area contributed by atoms with Gasteiger partial charge in [-0.1, -0.05) is 18.2 Å². The monoisotopic (exact) mass is 342 g/mol.